The van der Waals surface area contributed by atoms with E-state index in [9.17, 15) is 5.11 Å². The Kier molecular flexibility index (Phi) is 3.97. The highest BCUT2D eigenvalue weighted by molar-refractivity contribution is 4.85. The van der Waals surface area contributed by atoms with Gasteiger partial charge in [-0.05, 0) is 19.4 Å². The van der Waals surface area contributed by atoms with E-state index in [1.807, 2.05) is 0 Å². The number of rotatable bonds is 5. The first-order valence-electron chi connectivity index (χ1n) is 6.04. The Morgan fingerprint density at radius 1 is 1.40 bits per heavy atom. The van der Waals surface area contributed by atoms with Crippen LogP contribution in [0, 0.1) is 0 Å². The lowest BCUT2D eigenvalue weighted by Crippen LogP contribution is -2.47. The van der Waals surface area contributed by atoms with E-state index >= 15 is 0 Å². The second kappa shape index (κ2) is 5.25. The topological polar surface area (TPSA) is 44.7 Å². The molecule has 0 aromatic heterocycles. The number of nitrogens with one attached hydrogen (secondary N) is 1. The molecule has 0 aliphatic carbocycles. The van der Waals surface area contributed by atoms with E-state index in [1.54, 1.807) is 0 Å². The van der Waals surface area contributed by atoms with Crippen molar-refractivity contribution in [3.8, 4) is 0 Å². The average molecular weight is 214 g/mol. The molecule has 4 heteroatoms. The summed E-state index contributed by atoms with van der Waals surface area (Å²) in [7, 11) is 0. The van der Waals surface area contributed by atoms with E-state index in [4.69, 9.17) is 4.74 Å². The smallest absolute Gasteiger partial charge is 0.0791 e. The summed E-state index contributed by atoms with van der Waals surface area (Å²) >= 11 is 0. The molecule has 3 unspecified atom stereocenters. The summed E-state index contributed by atoms with van der Waals surface area (Å²) in [5, 5.41) is 12.9. The van der Waals surface area contributed by atoms with E-state index in [2.05, 4.69) is 17.1 Å². The number of ether oxygens (including phenoxy) is 1. The third-order valence-corrected chi connectivity index (χ3v) is 3.22. The van der Waals surface area contributed by atoms with Crippen molar-refractivity contribution in [3.63, 3.8) is 0 Å². The Balaban J connectivity index is 1.70. The second-order valence-corrected chi connectivity index (χ2v) is 4.64. The van der Waals surface area contributed by atoms with E-state index < -0.39 is 0 Å². The monoisotopic (exact) mass is 214 g/mol. The van der Waals surface area contributed by atoms with Gasteiger partial charge in [0.2, 0.25) is 0 Å². The van der Waals surface area contributed by atoms with Crippen LogP contribution in [0.5, 0.6) is 0 Å². The summed E-state index contributed by atoms with van der Waals surface area (Å²) in [6.45, 7) is 6.46. The molecule has 88 valence electrons. The average Bonchev–Trinajstić information content (AvgIpc) is 2.55. The normalized spacial score (nSPS) is 33.2. The van der Waals surface area contributed by atoms with Crippen molar-refractivity contribution in [2.24, 2.45) is 0 Å². The van der Waals surface area contributed by atoms with Crippen LogP contribution >= 0.6 is 0 Å². The molecule has 2 heterocycles. The molecular formula is C11H22N2O2. The van der Waals surface area contributed by atoms with Crippen LogP contribution in [0.1, 0.15) is 19.8 Å². The Morgan fingerprint density at radius 3 is 2.67 bits per heavy atom. The molecule has 2 bridgehead atoms. The molecule has 2 aliphatic heterocycles. The number of likely N-dealkylation sites (tertiary alicyclic amines) is 1. The summed E-state index contributed by atoms with van der Waals surface area (Å²) in [5.41, 5.74) is 0. The lowest BCUT2D eigenvalue weighted by molar-refractivity contribution is -0.0491. The summed E-state index contributed by atoms with van der Waals surface area (Å²) < 4.78 is 5.75. The molecule has 2 saturated heterocycles. The predicted octanol–water partition coefficient (Wildman–Crippen LogP) is -0.180. The summed E-state index contributed by atoms with van der Waals surface area (Å²) in [6, 6.07) is 0. The Bertz CT molecular complexity index is 189. The van der Waals surface area contributed by atoms with Crippen molar-refractivity contribution in [3.05, 3.63) is 0 Å². The van der Waals surface area contributed by atoms with Gasteiger partial charge in [-0.1, -0.05) is 6.92 Å². The molecule has 2 aliphatic rings. The highest BCUT2D eigenvalue weighted by Gasteiger charge is 2.33. The fourth-order valence-corrected chi connectivity index (χ4v) is 2.52. The third-order valence-electron chi connectivity index (χ3n) is 3.22. The van der Waals surface area contributed by atoms with Crippen LogP contribution in [0.4, 0.5) is 0 Å². The lowest BCUT2D eigenvalue weighted by Gasteiger charge is -2.33. The summed E-state index contributed by atoms with van der Waals surface area (Å²) in [5.74, 6) is 0. The largest absolute Gasteiger partial charge is 0.390 e. The second-order valence-electron chi connectivity index (χ2n) is 4.64. The zero-order valence-electron chi connectivity index (χ0n) is 9.48. The van der Waals surface area contributed by atoms with Gasteiger partial charge in [0.15, 0.2) is 0 Å². The van der Waals surface area contributed by atoms with Gasteiger partial charge in [0.25, 0.3) is 0 Å². The van der Waals surface area contributed by atoms with Crippen LogP contribution in [-0.4, -0.2) is 61.0 Å². The third kappa shape index (κ3) is 3.14. The van der Waals surface area contributed by atoms with Gasteiger partial charge in [-0.15, -0.1) is 0 Å². The number of likely N-dealkylation sites (N-methyl/N-ethyl adjacent to an activating group) is 1. The number of hydrogen-bond acceptors (Lipinski definition) is 4. The molecule has 2 fully saturated rings. The van der Waals surface area contributed by atoms with Crippen molar-refractivity contribution in [2.75, 3.05) is 32.7 Å². The molecule has 0 aromatic rings. The van der Waals surface area contributed by atoms with Crippen LogP contribution in [0.3, 0.4) is 0 Å². The number of aliphatic hydroxyl groups excluding tert-OH is 1. The maximum atomic E-state index is 9.78. The Hall–Kier alpha value is -0.160. The first-order chi connectivity index (χ1) is 7.28. The van der Waals surface area contributed by atoms with Crippen molar-refractivity contribution in [1.82, 2.24) is 10.2 Å². The SMILES string of the molecule is CCNCC(O)CN1CC2CCC(C1)O2. The molecule has 0 saturated carbocycles. The lowest BCUT2D eigenvalue weighted by atomic mass is 10.2. The molecule has 2 N–H and O–H groups in total. The minimum atomic E-state index is -0.248. The number of aliphatic hydroxyl groups is 1. The molecule has 3 atom stereocenters. The zero-order valence-corrected chi connectivity index (χ0v) is 9.48. The number of β-amino-alcohol motifs (C(OH)–C–C–N with tert-alkyl or cyclic N) is 1. The molecule has 4 nitrogen and oxygen atoms in total. The number of fused-ring (bicyclic) bond motifs is 2. The van der Waals surface area contributed by atoms with Crippen molar-refractivity contribution in [1.29, 1.82) is 0 Å². The van der Waals surface area contributed by atoms with Gasteiger partial charge in [0.1, 0.15) is 0 Å². The highest BCUT2D eigenvalue weighted by atomic mass is 16.5. The number of hydrogen-bond donors (Lipinski definition) is 2. The molecule has 0 spiro atoms. The van der Waals surface area contributed by atoms with E-state index in [1.165, 1.54) is 12.8 Å². The van der Waals surface area contributed by atoms with Gasteiger partial charge in [-0.25, -0.2) is 0 Å². The van der Waals surface area contributed by atoms with E-state index in [-0.39, 0.29) is 6.10 Å². The van der Waals surface area contributed by atoms with Crippen LogP contribution in [0.25, 0.3) is 0 Å². The van der Waals surface area contributed by atoms with Crippen LogP contribution in [-0.2, 0) is 4.74 Å². The molecule has 0 amide bonds. The van der Waals surface area contributed by atoms with Gasteiger partial charge >= 0.3 is 0 Å². The molecule has 15 heavy (non-hydrogen) atoms. The molecule has 0 aromatic carbocycles. The number of morpholine rings is 1. The molecular weight excluding hydrogens is 192 g/mol. The summed E-state index contributed by atoms with van der Waals surface area (Å²) in [6.07, 6.45) is 3.00. The minimum absolute atomic E-state index is 0.248. The van der Waals surface area contributed by atoms with Gasteiger partial charge in [0, 0.05) is 26.2 Å². The zero-order chi connectivity index (χ0) is 10.7. The van der Waals surface area contributed by atoms with Gasteiger partial charge in [-0.2, -0.15) is 0 Å². The maximum Gasteiger partial charge on any atom is 0.0791 e. The van der Waals surface area contributed by atoms with Crippen molar-refractivity contribution >= 4 is 0 Å². The molecule has 2 rings (SSSR count). The fraction of sp³-hybridized carbons (Fsp3) is 1.00. The predicted molar refractivity (Wildman–Crippen MR) is 58.9 cm³/mol. The first-order valence-corrected chi connectivity index (χ1v) is 6.04. The highest BCUT2D eigenvalue weighted by Crippen LogP contribution is 2.25. The van der Waals surface area contributed by atoms with Crippen LogP contribution in [0.15, 0.2) is 0 Å². The Morgan fingerprint density at radius 2 is 2.07 bits per heavy atom. The quantitative estimate of drug-likeness (QED) is 0.666. The fourth-order valence-electron chi connectivity index (χ4n) is 2.52. The van der Waals surface area contributed by atoms with Crippen molar-refractivity contribution < 1.29 is 9.84 Å². The maximum absolute atomic E-state index is 9.78. The van der Waals surface area contributed by atoms with Gasteiger partial charge in [0.05, 0.1) is 18.3 Å². The minimum Gasteiger partial charge on any atom is -0.390 e. The van der Waals surface area contributed by atoms with Crippen molar-refractivity contribution in [2.45, 2.75) is 38.1 Å². The summed E-state index contributed by atoms with van der Waals surface area (Å²) in [4.78, 5) is 2.34. The molecule has 0 radical (unpaired) electrons. The first kappa shape index (κ1) is 11.3. The Labute approximate surface area is 91.6 Å². The number of nitrogens with zero attached hydrogens (tertiary/aromatic N) is 1. The van der Waals surface area contributed by atoms with E-state index in [0.29, 0.717) is 18.8 Å². The van der Waals surface area contributed by atoms with Crippen LogP contribution in [0.2, 0.25) is 0 Å². The van der Waals surface area contributed by atoms with Gasteiger partial charge < -0.3 is 15.2 Å². The van der Waals surface area contributed by atoms with Crippen LogP contribution < -0.4 is 5.32 Å². The van der Waals surface area contributed by atoms with E-state index in [0.717, 1.165) is 26.2 Å². The standard InChI is InChI=1S/C11H22N2O2/c1-2-12-5-9(14)6-13-7-10-3-4-11(8-13)15-10/h9-12,14H,2-8H2,1H3. The van der Waals surface area contributed by atoms with Gasteiger partial charge in [-0.3, -0.25) is 4.90 Å².